The van der Waals surface area contributed by atoms with Gasteiger partial charge in [-0.2, -0.15) is 0 Å². The van der Waals surface area contributed by atoms with Crippen LogP contribution in [0.3, 0.4) is 0 Å². The van der Waals surface area contributed by atoms with Crippen LogP contribution in [0.4, 0.5) is 0 Å². The first-order chi connectivity index (χ1) is 9.07. The van der Waals surface area contributed by atoms with Crippen molar-refractivity contribution in [3.8, 4) is 0 Å². The number of hydrogen-bond acceptors (Lipinski definition) is 2. The Morgan fingerprint density at radius 1 is 1.26 bits per heavy atom. The van der Waals surface area contributed by atoms with Gasteiger partial charge in [-0.3, -0.25) is 0 Å². The van der Waals surface area contributed by atoms with E-state index in [1.807, 2.05) is 12.1 Å². The van der Waals surface area contributed by atoms with E-state index in [4.69, 9.17) is 16.3 Å². The third-order valence-electron chi connectivity index (χ3n) is 4.03. The van der Waals surface area contributed by atoms with Crippen LogP contribution in [0, 0.1) is 5.41 Å². The molecule has 1 fully saturated rings. The summed E-state index contributed by atoms with van der Waals surface area (Å²) in [5, 5.41) is 4.47. The fourth-order valence-corrected chi connectivity index (χ4v) is 2.63. The smallest absolute Gasteiger partial charge is 0.0471 e. The van der Waals surface area contributed by atoms with Crippen molar-refractivity contribution in [3.63, 3.8) is 0 Å². The molecule has 1 aliphatic rings. The van der Waals surface area contributed by atoms with Crippen LogP contribution >= 0.6 is 11.6 Å². The molecule has 1 aromatic rings. The van der Waals surface area contributed by atoms with Crippen LogP contribution in [0.2, 0.25) is 5.02 Å². The maximum Gasteiger partial charge on any atom is 0.0471 e. The molecule has 1 heterocycles. The van der Waals surface area contributed by atoms with Crippen LogP contribution in [0.5, 0.6) is 0 Å². The average molecular weight is 282 g/mol. The first-order valence-corrected chi connectivity index (χ1v) is 7.51. The number of hydrogen-bond donors (Lipinski definition) is 1. The van der Waals surface area contributed by atoms with Crippen molar-refractivity contribution in [3.05, 3.63) is 34.9 Å². The predicted octanol–water partition coefficient (Wildman–Crippen LogP) is 3.68. The van der Waals surface area contributed by atoms with Gasteiger partial charge in [0, 0.05) is 30.8 Å². The topological polar surface area (TPSA) is 21.3 Å². The van der Waals surface area contributed by atoms with Crippen molar-refractivity contribution >= 4 is 11.6 Å². The Kier molecular flexibility index (Phi) is 5.26. The zero-order valence-electron chi connectivity index (χ0n) is 11.9. The molecule has 0 aliphatic carbocycles. The van der Waals surface area contributed by atoms with Crippen LogP contribution in [0.1, 0.15) is 32.3 Å². The summed E-state index contributed by atoms with van der Waals surface area (Å²) in [5.74, 6) is 0. The first-order valence-electron chi connectivity index (χ1n) is 7.13. The standard InChI is InChI=1S/C16H24ClNO/c1-13(11-14-3-5-15(17)6-4-14)18-12-16(2)7-9-19-10-8-16/h3-6,13,18H,7-12H2,1-2H3. The highest BCUT2D eigenvalue weighted by atomic mass is 35.5. The fourth-order valence-electron chi connectivity index (χ4n) is 2.51. The molecule has 1 unspecified atom stereocenters. The first kappa shape index (κ1) is 14.8. The normalized spacial score (nSPS) is 20.2. The van der Waals surface area contributed by atoms with E-state index in [0.29, 0.717) is 11.5 Å². The fraction of sp³-hybridized carbons (Fsp3) is 0.625. The molecule has 106 valence electrons. The third-order valence-corrected chi connectivity index (χ3v) is 4.28. The number of rotatable bonds is 5. The highest BCUT2D eigenvalue weighted by Crippen LogP contribution is 2.28. The van der Waals surface area contributed by atoms with Crippen LogP contribution in [-0.2, 0) is 11.2 Å². The van der Waals surface area contributed by atoms with E-state index in [-0.39, 0.29) is 0 Å². The van der Waals surface area contributed by atoms with E-state index < -0.39 is 0 Å². The molecule has 0 radical (unpaired) electrons. The summed E-state index contributed by atoms with van der Waals surface area (Å²) in [6.45, 7) is 7.49. The largest absolute Gasteiger partial charge is 0.381 e. The lowest BCUT2D eigenvalue weighted by Gasteiger charge is -2.34. The molecule has 2 rings (SSSR count). The van der Waals surface area contributed by atoms with E-state index in [1.165, 1.54) is 5.56 Å². The molecule has 1 aliphatic heterocycles. The summed E-state index contributed by atoms with van der Waals surface area (Å²) in [4.78, 5) is 0. The summed E-state index contributed by atoms with van der Waals surface area (Å²) in [6.07, 6.45) is 3.37. The van der Waals surface area contributed by atoms with E-state index in [1.54, 1.807) is 0 Å². The van der Waals surface area contributed by atoms with Gasteiger partial charge in [0.1, 0.15) is 0 Å². The van der Waals surface area contributed by atoms with Crippen LogP contribution < -0.4 is 5.32 Å². The summed E-state index contributed by atoms with van der Waals surface area (Å²) >= 11 is 5.90. The number of benzene rings is 1. The Morgan fingerprint density at radius 3 is 2.53 bits per heavy atom. The molecule has 1 saturated heterocycles. The lowest BCUT2D eigenvalue weighted by atomic mass is 9.82. The number of ether oxygens (including phenoxy) is 1. The zero-order chi connectivity index (χ0) is 13.7. The van der Waals surface area contributed by atoms with Gasteiger partial charge in [0.25, 0.3) is 0 Å². The van der Waals surface area contributed by atoms with Crippen molar-refractivity contribution in [2.24, 2.45) is 5.41 Å². The van der Waals surface area contributed by atoms with E-state index >= 15 is 0 Å². The second-order valence-corrected chi connectivity index (χ2v) is 6.47. The van der Waals surface area contributed by atoms with Crippen molar-refractivity contribution in [2.75, 3.05) is 19.8 Å². The Hall–Kier alpha value is -0.570. The molecule has 1 aromatic carbocycles. The van der Waals surface area contributed by atoms with E-state index in [0.717, 1.165) is 44.0 Å². The van der Waals surface area contributed by atoms with Gasteiger partial charge in [-0.1, -0.05) is 30.7 Å². The highest BCUT2D eigenvalue weighted by Gasteiger charge is 2.27. The third kappa shape index (κ3) is 4.79. The van der Waals surface area contributed by atoms with Gasteiger partial charge in [0.05, 0.1) is 0 Å². The summed E-state index contributed by atoms with van der Waals surface area (Å²) in [5.41, 5.74) is 1.73. The Labute approximate surface area is 121 Å². The molecule has 3 heteroatoms. The molecule has 0 bridgehead atoms. The number of nitrogens with one attached hydrogen (secondary N) is 1. The molecule has 19 heavy (non-hydrogen) atoms. The van der Waals surface area contributed by atoms with Gasteiger partial charge in [-0.25, -0.2) is 0 Å². The molecule has 0 amide bonds. The predicted molar refractivity (Wildman–Crippen MR) is 80.8 cm³/mol. The molecule has 2 nitrogen and oxygen atoms in total. The van der Waals surface area contributed by atoms with Crippen molar-refractivity contribution in [2.45, 2.75) is 39.2 Å². The maximum atomic E-state index is 5.90. The van der Waals surface area contributed by atoms with Gasteiger partial charge < -0.3 is 10.1 Å². The van der Waals surface area contributed by atoms with Gasteiger partial charge in [0.2, 0.25) is 0 Å². The average Bonchev–Trinajstić information content (AvgIpc) is 2.40. The maximum absolute atomic E-state index is 5.90. The van der Waals surface area contributed by atoms with E-state index in [9.17, 15) is 0 Å². The van der Waals surface area contributed by atoms with Gasteiger partial charge in [0.15, 0.2) is 0 Å². The molecule has 0 saturated carbocycles. The summed E-state index contributed by atoms with van der Waals surface area (Å²) in [6, 6.07) is 8.63. The highest BCUT2D eigenvalue weighted by molar-refractivity contribution is 6.30. The Morgan fingerprint density at radius 2 is 1.89 bits per heavy atom. The minimum Gasteiger partial charge on any atom is -0.381 e. The van der Waals surface area contributed by atoms with Gasteiger partial charge in [-0.15, -0.1) is 0 Å². The summed E-state index contributed by atoms with van der Waals surface area (Å²) in [7, 11) is 0. The van der Waals surface area contributed by atoms with Gasteiger partial charge >= 0.3 is 0 Å². The second kappa shape index (κ2) is 6.74. The molecule has 1 N–H and O–H groups in total. The van der Waals surface area contributed by atoms with Crippen molar-refractivity contribution < 1.29 is 4.74 Å². The molecular formula is C16H24ClNO. The minimum atomic E-state index is 0.395. The Bertz CT molecular complexity index is 384. The summed E-state index contributed by atoms with van der Waals surface area (Å²) < 4.78 is 5.44. The molecule has 0 aromatic heterocycles. The van der Waals surface area contributed by atoms with Gasteiger partial charge in [-0.05, 0) is 49.3 Å². The number of halogens is 1. The lowest BCUT2D eigenvalue weighted by Crippen LogP contribution is -2.41. The van der Waals surface area contributed by atoms with Crippen LogP contribution in [-0.4, -0.2) is 25.8 Å². The van der Waals surface area contributed by atoms with Crippen molar-refractivity contribution in [1.82, 2.24) is 5.32 Å². The lowest BCUT2D eigenvalue weighted by molar-refractivity contribution is 0.0231. The SMILES string of the molecule is CC(Cc1ccc(Cl)cc1)NCC1(C)CCOCC1. The van der Waals surface area contributed by atoms with Crippen LogP contribution in [0.25, 0.3) is 0 Å². The van der Waals surface area contributed by atoms with Crippen LogP contribution in [0.15, 0.2) is 24.3 Å². The monoisotopic (exact) mass is 281 g/mol. The quantitative estimate of drug-likeness (QED) is 0.889. The Balaban J connectivity index is 1.77. The van der Waals surface area contributed by atoms with Crippen molar-refractivity contribution in [1.29, 1.82) is 0 Å². The second-order valence-electron chi connectivity index (χ2n) is 6.04. The zero-order valence-corrected chi connectivity index (χ0v) is 12.7. The molecule has 1 atom stereocenters. The molecule has 0 spiro atoms. The molecular weight excluding hydrogens is 258 g/mol. The minimum absolute atomic E-state index is 0.395. The van der Waals surface area contributed by atoms with E-state index in [2.05, 4.69) is 31.3 Å².